The minimum atomic E-state index is -0.497. The van der Waals surface area contributed by atoms with Crippen molar-refractivity contribution in [3.8, 4) is 17.3 Å². The van der Waals surface area contributed by atoms with Gasteiger partial charge in [0.05, 0.1) is 11.2 Å². The van der Waals surface area contributed by atoms with E-state index in [0.717, 1.165) is 5.56 Å². The number of aromatic nitrogens is 3. The first-order valence-corrected chi connectivity index (χ1v) is 5.55. The van der Waals surface area contributed by atoms with Crippen LogP contribution in [0.4, 0.5) is 0 Å². The third-order valence-corrected chi connectivity index (χ3v) is 2.67. The Kier molecular flexibility index (Phi) is 2.39. The van der Waals surface area contributed by atoms with Gasteiger partial charge in [-0.2, -0.15) is 5.26 Å². The van der Waals surface area contributed by atoms with E-state index in [9.17, 15) is 4.79 Å². The number of nitriles is 1. The molecule has 1 N–H and O–H groups in total. The molecule has 0 aliphatic heterocycles. The maximum absolute atomic E-state index is 11.1. The first-order chi connectivity index (χ1) is 9.15. The van der Waals surface area contributed by atoms with Crippen molar-refractivity contribution in [3.05, 3.63) is 46.3 Å². The monoisotopic (exact) mass is 252 g/mol. The lowest BCUT2D eigenvalue weighted by molar-refractivity contribution is 0.555. The molecule has 0 aliphatic rings. The van der Waals surface area contributed by atoms with Crippen molar-refractivity contribution in [3.63, 3.8) is 0 Å². The molecule has 0 spiro atoms. The number of nitrogens with one attached hydrogen (secondary N) is 1. The summed E-state index contributed by atoms with van der Waals surface area (Å²) in [6, 6.07) is 8.81. The van der Waals surface area contributed by atoms with Crippen molar-refractivity contribution in [2.45, 2.75) is 6.92 Å². The predicted molar refractivity (Wildman–Crippen MR) is 67.3 cm³/mol. The van der Waals surface area contributed by atoms with Crippen molar-refractivity contribution in [2.24, 2.45) is 0 Å². The van der Waals surface area contributed by atoms with Gasteiger partial charge in [0.15, 0.2) is 5.58 Å². The normalized spacial score (nSPS) is 10.5. The van der Waals surface area contributed by atoms with Crippen molar-refractivity contribution in [1.82, 2.24) is 15.0 Å². The SMILES string of the molecule is Cc1nc(C#N)cc(-c2ccc3oc(=O)[nH]c3c2)n1. The molecule has 19 heavy (non-hydrogen) atoms. The Morgan fingerprint density at radius 3 is 2.95 bits per heavy atom. The lowest BCUT2D eigenvalue weighted by Gasteiger charge is -2.02. The summed E-state index contributed by atoms with van der Waals surface area (Å²) in [4.78, 5) is 22.0. The number of benzene rings is 1. The number of rotatable bonds is 1. The van der Waals surface area contributed by atoms with Gasteiger partial charge in [-0.1, -0.05) is 0 Å². The Morgan fingerprint density at radius 2 is 2.16 bits per heavy atom. The van der Waals surface area contributed by atoms with Crippen LogP contribution in [0.25, 0.3) is 22.4 Å². The summed E-state index contributed by atoms with van der Waals surface area (Å²) in [6.07, 6.45) is 0. The largest absolute Gasteiger partial charge is 0.417 e. The summed E-state index contributed by atoms with van der Waals surface area (Å²) >= 11 is 0. The van der Waals surface area contributed by atoms with Crippen LogP contribution >= 0.6 is 0 Å². The molecule has 2 heterocycles. The zero-order valence-electron chi connectivity index (χ0n) is 9.97. The van der Waals surface area contributed by atoms with E-state index in [-0.39, 0.29) is 0 Å². The van der Waals surface area contributed by atoms with Gasteiger partial charge in [-0.05, 0) is 25.1 Å². The highest BCUT2D eigenvalue weighted by Gasteiger charge is 2.07. The highest BCUT2D eigenvalue weighted by Crippen LogP contribution is 2.21. The first kappa shape index (κ1) is 11.2. The molecule has 3 rings (SSSR count). The second-order valence-corrected chi connectivity index (χ2v) is 4.02. The minimum absolute atomic E-state index is 0.309. The van der Waals surface area contributed by atoms with E-state index in [1.54, 1.807) is 31.2 Å². The summed E-state index contributed by atoms with van der Waals surface area (Å²) in [5.74, 6) is 0.0265. The molecule has 0 unspecified atom stereocenters. The third-order valence-electron chi connectivity index (χ3n) is 2.67. The van der Waals surface area contributed by atoms with Crippen molar-refractivity contribution >= 4 is 11.1 Å². The fourth-order valence-electron chi connectivity index (χ4n) is 1.88. The van der Waals surface area contributed by atoms with Crippen LogP contribution in [-0.4, -0.2) is 15.0 Å². The number of aromatic amines is 1. The molecule has 3 aromatic rings. The summed E-state index contributed by atoms with van der Waals surface area (Å²) in [5, 5.41) is 8.91. The fraction of sp³-hybridized carbons (Fsp3) is 0.0769. The number of aryl methyl sites for hydroxylation is 1. The van der Waals surface area contributed by atoms with Gasteiger partial charge in [-0.25, -0.2) is 14.8 Å². The summed E-state index contributed by atoms with van der Waals surface area (Å²) in [6.45, 7) is 1.72. The maximum atomic E-state index is 11.1. The minimum Gasteiger partial charge on any atom is -0.408 e. The highest BCUT2D eigenvalue weighted by atomic mass is 16.4. The topological polar surface area (TPSA) is 95.6 Å². The number of H-pyrrole nitrogens is 1. The maximum Gasteiger partial charge on any atom is 0.417 e. The molecule has 0 atom stereocenters. The molecule has 6 heteroatoms. The van der Waals surface area contributed by atoms with E-state index >= 15 is 0 Å². The van der Waals surface area contributed by atoms with Crippen LogP contribution in [0.15, 0.2) is 33.5 Å². The standard InChI is InChI=1S/C13H8N4O2/c1-7-15-9(6-14)5-10(16-7)8-2-3-12-11(4-8)17-13(18)19-12/h2-5H,1H3,(H,17,18). The van der Waals surface area contributed by atoms with E-state index < -0.39 is 5.76 Å². The molecule has 0 bridgehead atoms. The Morgan fingerprint density at radius 1 is 1.32 bits per heavy atom. The van der Waals surface area contributed by atoms with Gasteiger partial charge in [0.25, 0.3) is 0 Å². The number of fused-ring (bicyclic) bond motifs is 1. The number of hydrogen-bond donors (Lipinski definition) is 1. The van der Waals surface area contributed by atoms with E-state index in [0.29, 0.717) is 28.3 Å². The van der Waals surface area contributed by atoms with Crippen molar-refractivity contribution in [1.29, 1.82) is 5.26 Å². The van der Waals surface area contributed by atoms with Gasteiger partial charge in [-0.15, -0.1) is 0 Å². The van der Waals surface area contributed by atoms with E-state index in [1.807, 2.05) is 6.07 Å². The highest BCUT2D eigenvalue weighted by molar-refractivity contribution is 5.79. The summed E-state index contributed by atoms with van der Waals surface area (Å²) in [7, 11) is 0. The Balaban J connectivity index is 2.21. The average Bonchev–Trinajstić information content (AvgIpc) is 2.76. The van der Waals surface area contributed by atoms with Crippen LogP contribution in [0.2, 0.25) is 0 Å². The van der Waals surface area contributed by atoms with Gasteiger partial charge < -0.3 is 4.42 Å². The van der Waals surface area contributed by atoms with Crippen molar-refractivity contribution < 1.29 is 4.42 Å². The average molecular weight is 252 g/mol. The molecule has 1 aromatic carbocycles. The van der Waals surface area contributed by atoms with Crippen LogP contribution in [-0.2, 0) is 0 Å². The molecule has 0 fully saturated rings. The molecule has 92 valence electrons. The Labute approximate surface area is 107 Å². The summed E-state index contributed by atoms with van der Waals surface area (Å²) in [5.41, 5.74) is 2.81. The third kappa shape index (κ3) is 1.98. The molecule has 0 amide bonds. The second-order valence-electron chi connectivity index (χ2n) is 4.02. The van der Waals surface area contributed by atoms with Gasteiger partial charge in [0.2, 0.25) is 0 Å². The zero-order valence-corrected chi connectivity index (χ0v) is 9.97. The smallest absolute Gasteiger partial charge is 0.408 e. The zero-order chi connectivity index (χ0) is 13.4. The quantitative estimate of drug-likeness (QED) is 0.711. The van der Waals surface area contributed by atoms with Crippen LogP contribution in [0.3, 0.4) is 0 Å². The van der Waals surface area contributed by atoms with Gasteiger partial charge in [0, 0.05) is 11.6 Å². The van der Waals surface area contributed by atoms with Crippen LogP contribution < -0.4 is 5.76 Å². The molecule has 0 aliphatic carbocycles. The number of hydrogen-bond acceptors (Lipinski definition) is 5. The predicted octanol–water partition coefficient (Wildman–Crippen LogP) is 1.76. The number of nitrogens with zero attached hydrogens (tertiary/aromatic N) is 3. The van der Waals surface area contributed by atoms with Crippen LogP contribution in [0, 0.1) is 18.3 Å². The molecule has 0 saturated heterocycles. The van der Waals surface area contributed by atoms with Crippen LogP contribution in [0.1, 0.15) is 11.5 Å². The van der Waals surface area contributed by atoms with E-state index in [1.165, 1.54) is 0 Å². The molecule has 0 radical (unpaired) electrons. The first-order valence-electron chi connectivity index (χ1n) is 5.55. The van der Waals surface area contributed by atoms with E-state index in [4.69, 9.17) is 9.68 Å². The van der Waals surface area contributed by atoms with Gasteiger partial charge in [0.1, 0.15) is 17.6 Å². The molecular weight excluding hydrogens is 244 g/mol. The molecule has 2 aromatic heterocycles. The van der Waals surface area contributed by atoms with Crippen molar-refractivity contribution in [2.75, 3.05) is 0 Å². The van der Waals surface area contributed by atoms with Crippen LogP contribution in [0.5, 0.6) is 0 Å². The molecule has 6 nitrogen and oxygen atoms in total. The molecule has 0 saturated carbocycles. The number of oxazole rings is 1. The van der Waals surface area contributed by atoms with Gasteiger partial charge in [-0.3, -0.25) is 4.98 Å². The lowest BCUT2D eigenvalue weighted by Crippen LogP contribution is -1.95. The summed E-state index contributed by atoms with van der Waals surface area (Å²) < 4.78 is 4.93. The Hall–Kier alpha value is -2.94. The molecular formula is C13H8N4O2. The fourth-order valence-corrected chi connectivity index (χ4v) is 1.88. The van der Waals surface area contributed by atoms with Gasteiger partial charge >= 0.3 is 5.76 Å². The lowest BCUT2D eigenvalue weighted by atomic mass is 10.1. The van der Waals surface area contributed by atoms with E-state index in [2.05, 4.69) is 15.0 Å². The Bertz CT molecular complexity index is 870. The second kappa shape index (κ2) is 4.07.